The third-order valence-electron chi connectivity index (χ3n) is 4.33. The number of carbonyl (C=O) groups is 1. The number of halogens is 1. The standard InChI is InChI=1S/C17H16ClN5O/c1-10-2-3-14(18)15(6-10)21-17(24)23-5-4-12-11(9-23)7-19-16-13(12)8-20-22-16/h2-3,6-8H,4-5,9H2,1H3,(H,21,24)(H,19,20,22). The zero-order chi connectivity index (χ0) is 16.7. The van der Waals surface area contributed by atoms with E-state index in [-0.39, 0.29) is 6.03 Å². The lowest BCUT2D eigenvalue weighted by atomic mass is 9.99. The van der Waals surface area contributed by atoms with Gasteiger partial charge in [-0.1, -0.05) is 17.7 Å². The minimum atomic E-state index is -0.152. The van der Waals surface area contributed by atoms with E-state index in [0.29, 0.717) is 23.8 Å². The van der Waals surface area contributed by atoms with E-state index in [1.807, 2.05) is 25.3 Å². The third-order valence-corrected chi connectivity index (χ3v) is 4.65. The first-order valence-corrected chi connectivity index (χ1v) is 8.11. The van der Waals surface area contributed by atoms with Crippen LogP contribution in [0.15, 0.2) is 30.6 Å². The number of H-pyrrole nitrogens is 1. The first-order chi connectivity index (χ1) is 11.6. The predicted molar refractivity (Wildman–Crippen MR) is 93.2 cm³/mol. The molecule has 3 heterocycles. The highest BCUT2D eigenvalue weighted by Gasteiger charge is 2.23. The van der Waals surface area contributed by atoms with Crippen molar-refractivity contribution in [2.45, 2.75) is 19.9 Å². The molecule has 0 unspecified atom stereocenters. The molecule has 1 aliphatic heterocycles. The number of aryl methyl sites for hydroxylation is 1. The fourth-order valence-electron chi connectivity index (χ4n) is 3.06. The minimum absolute atomic E-state index is 0.152. The summed E-state index contributed by atoms with van der Waals surface area (Å²) in [5.74, 6) is 0. The van der Waals surface area contributed by atoms with Gasteiger partial charge in [0.2, 0.25) is 0 Å². The summed E-state index contributed by atoms with van der Waals surface area (Å²) in [6.45, 7) is 3.14. The third kappa shape index (κ3) is 2.59. The normalized spacial score (nSPS) is 13.8. The Balaban J connectivity index is 1.55. The van der Waals surface area contributed by atoms with E-state index in [0.717, 1.165) is 28.6 Å². The molecule has 24 heavy (non-hydrogen) atoms. The highest BCUT2D eigenvalue weighted by molar-refractivity contribution is 6.33. The SMILES string of the molecule is Cc1ccc(Cl)c(NC(=O)N2CCc3c(cnc4[nH]ncc34)C2)c1. The number of urea groups is 1. The molecular formula is C17H16ClN5O. The van der Waals surface area contributed by atoms with Gasteiger partial charge in [-0.15, -0.1) is 0 Å². The van der Waals surface area contributed by atoms with Gasteiger partial charge in [0, 0.05) is 24.7 Å². The smallest absolute Gasteiger partial charge is 0.320 e. The van der Waals surface area contributed by atoms with Crippen molar-refractivity contribution < 1.29 is 4.79 Å². The zero-order valence-electron chi connectivity index (χ0n) is 13.1. The highest BCUT2D eigenvalue weighted by atomic mass is 35.5. The molecule has 7 heteroatoms. The Morgan fingerprint density at radius 3 is 3.12 bits per heavy atom. The Morgan fingerprint density at radius 2 is 2.25 bits per heavy atom. The van der Waals surface area contributed by atoms with Gasteiger partial charge in [0.15, 0.2) is 5.65 Å². The number of aromatic amines is 1. The number of nitrogens with one attached hydrogen (secondary N) is 2. The van der Waals surface area contributed by atoms with Crippen LogP contribution in [0.25, 0.3) is 11.0 Å². The molecule has 122 valence electrons. The van der Waals surface area contributed by atoms with Crippen molar-refractivity contribution >= 4 is 34.4 Å². The van der Waals surface area contributed by atoms with Gasteiger partial charge in [-0.25, -0.2) is 9.78 Å². The molecule has 4 rings (SSSR count). The average Bonchev–Trinajstić information content (AvgIpc) is 3.06. The number of aromatic nitrogens is 3. The largest absolute Gasteiger partial charge is 0.322 e. The Hall–Kier alpha value is -2.60. The van der Waals surface area contributed by atoms with Crippen LogP contribution in [0.5, 0.6) is 0 Å². The van der Waals surface area contributed by atoms with Gasteiger partial charge in [0.05, 0.1) is 16.9 Å². The number of rotatable bonds is 1. The topological polar surface area (TPSA) is 73.9 Å². The Labute approximate surface area is 143 Å². The molecule has 0 fully saturated rings. The van der Waals surface area contributed by atoms with Crippen LogP contribution in [-0.2, 0) is 13.0 Å². The van der Waals surface area contributed by atoms with E-state index < -0.39 is 0 Å². The molecule has 0 atom stereocenters. The fourth-order valence-corrected chi connectivity index (χ4v) is 3.22. The summed E-state index contributed by atoms with van der Waals surface area (Å²) in [6, 6.07) is 5.42. The maximum absolute atomic E-state index is 12.6. The van der Waals surface area contributed by atoms with E-state index in [2.05, 4.69) is 20.5 Å². The summed E-state index contributed by atoms with van der Waals surface area (Å²) in [4.78, 5) is 18.7. The monoisotopic (exact) mass is 341 g/mol. The molecule has 2 aromatic heterocycles. The second kappa shape index (κ2) is 5.79. The van der Waals surface area contributed by atoms with Crippen molar-refractivity contribution in [1.82, 2.24) is 20.1 Å². The first kappa shape index (κ1) is 15.0. The summed E-state index contributed by atoms with van der Waals surface area (Å²) < 4.78 is 0. The number of nitrogens with zero attached hydrogens (tertiary/aromatic N) is 3. The predicted octanol–water partition coefficient (Wildman–Crippen LogP) is 3.51. The molecule has 6 nitrogen and oxygen atoms in total. The van der Waals surface area contributed by atoms with Crippen LogP contribution in [-0.4, -0.2) is 32.7 Å². The minimum Gasteiger partial charge on any atom is -0.320 e. The van der Waals surface area contributed by atoms with Gasteiger partial charge < -0.3 is 10.2 Å². The number of pyridine rings is 1. The molecule has 0 spiro atoms. The molecule has 0 aliphatic carbocycles. The maximum atomic E-state index is 12.6. The van der Waals surface area contributed by atoms with E-state index >= 15 is 0 Å². The number of amides is 2. The number of carbonyl (C=O) groups excluding carboxylic acids is 1. The van der Waals surface area contributed by atoms with Crippen LogP contribution in [0.4, 0.5) is 10.5 Å². The number of hydrogen-bond acceptors (Lipinski definition) is 3. The summed E-state index contributed by atoms with van der Waals surface area (Å²) in [6.07, 6.45) is 4.39. The van der Waals surface area contributed by atoms with Gasteiger partial charge in [-0.3, -0.25) is 5.10 Å². The van der Waals surface area contributed by atoms with Gasteiger partial charge in [0.25, 0.3) is 0 Å². The Kier molecular flexibility index (Phi) is 3.61. The summed E-state index contributed by atoms with van der Waals surface area (Å²) >= 11 is 6.16. The summed E-state index contributed by atoms with van der Waals surface area (Å²) in [5, 5.41) is 11.4. The van der Waals surface area contributed by atoms with E-state index in [4.69, 9.17) is 11.6 Å². The lowest BCUT2D eigenvalue weighted by Gasteiger charge is -2.29. The number of benzene rings is 1. The lowest BCUT2D eigenvalue weighted by Crippen LogP contribution is -2.39. The fraction of sp³-hybridized carbons (Fsp3) is 0.235. The van der Waals surface area contributed by atoms with Crippen LogP contribution in [0, 0.1) is 6.92 Å². The van der Waals surface area contributed by atoms with Gasteiger partial charge in [-0.2, -0.15) is 5.10 Å². The molecule has 0 saturated carbocycles. The quantitative estimate of drug-likeness (QED) is 0.711. The molecule has 2 amide bonds. The molecule has 0 saturated heterocycles. The Morgan fingerprint density at radius 1 is 1.38 bits per heavy atom. The van der Waals surface area contributed by atoms with Crippen molar-refractivity contribution in [2.75, 3.05) is 11.9 Å². The molecule has 0 radical (unpaired) electrons. The second-order valence-electron chi connectivity index (χ2n) is 5.98. The molecule has 1 aromatic carbocycles. The van der Waals surface area contributed by atoms with Crippen molar-refractivity contribution in [3.05, 3.63) is 52.3 Å². The van der Waals surface area contributed by atoms with Gasteiger partial charge in [-0.05, 0) is 42.2 Å². The first-order valence-electron chi connectivity index (χ1n) is 7.74. The van der Waals surface area contributed by atoms with Gasteiger partial charge >= 0.3 is 6.03 Å². The van der Waals surface area contributed by atoms with E-state index in [9.17, 15) is 4.79 Å². The van der Waals surface area contributed by atoms with E-state index in [1.54, 1.807) is 17.2 Å². The maximum Gasteiger partial charge on any atom is 0.322 e. The molecule has 2 N–H and O–H groups in total. The van der Waals surface area contributed by atoms with Crippen molar-refractivity contribution in [1.29, 1.82) is 0 Å². The highest BCUT2D eigenvalue weighted by Crippen LogP contribution is 2.27. The van der Waals surface area contributed by atoms with Crippen LogP contribution in [0.2, 0.25) is 5.02 Å². The van der Waals surface area contributed by atoms with Crippen molar-refractivity contribution in [3.8, 4) is 0 Å². The summed E-state index contributed by atoms with van der Waals surface area (Å²) in [5.41, 5.74) is 4.74. The number of anilines is 1. The van der Waals surface area contributed by atoms with Crippen LogP contribution in [0.1, 0.15) is 16.7 Å². The van der Waals surface area contributed by atoms with Crippen molar-refractivity contribution in [2.24, 2.45) is 0 Å². The van der Waals surface area contributed by atoms with Crippen LogP contribution >= 0.6 is 11.6 Å². The summed E-state index contributed by atoms with van der Waals surface area (Å²) in [7, 11) is 0. The lowest BCUT2D eigenvalue weighted by molar-refractivity contribution is 0.206. The van der Waals surface area contributed by atoms with Crippen molar-refractivity contribution in [3.63, 3.8) is 0 Å². The number of hydrogen-bond donors (Lipinski definition) is 2. The van der Waals surface area contributed by atoms with E-state index in [1.165, 1.54) is 5.56 Å². The second-order valence-corrected chi connectivity index (χ2v) is 6.39. The van der Waals surface area contributed by atoms with Crippen LogP contribution in [0.3, 0.4) is 0 Å². The number of fused-ring (bicyclic) bond motifs is 3. The Bertz CT molecular complexity index is 936. The molecule has 1 aliphatic rings. The molecule has 3 aromatic rings. The molecular weight excluding hydrogens is 326 g/mol. The zero-order valence-corrected chi connectivity index (χ0v) is 13.9. The van der Waals surface area contributed by atoms with Crippen LogP contribution < -0.4 is 5.32 Å². The average molecular weight is 342 g/mol. The van der Waals surface area contributed by atoms with Gasteiger partial charge in [0.1, 0.15) is 0 Å². The molecule has 0 bridgehead atoms.